The summed E-state index contributed by atoms with van der Waals surface area (Å²) in [6, 6.07) is 7.02. The Labute approximate surface area is 126 Å². The van der Waals surface area contributed by atoms with Crippen molar-refractivity contribution in [1.29, 1.82) is 5.26 Å². The maximum absolute atomic E-state index is 12.7. The van der Waals surface area contributed by atoms with Gasteiger partial charge in [-0.05, 0) is 24.6 Å². The van der Waals surface area contributed by atoms with Crippen molar-refractivity contribution in [3.8, 4) is 17.9 Å². The number of hydrogen-bond donors (Lipinski definition) is 1. The Morgan fingerprint density at radius 1 is 1.38 bits per heavy atom. The first-order valence-electron chi connectivity index (χ1n) is 6.64. The Balaban J connectivity index is 3.26. The summed E-state index contributed by atoms with van der Waals surface area (Å²) in [5, 5.41) is 8.64. The van der Waals surface area contributed by atoms with Crippen molar-refractivity contribution in [1.82, 2.24) is 4.31 Å². The van der Waals surface area contributed by atoms with Crippen LogP contribution in [0.3, 0.4) is 0 Å². The summed E-state index contributed by atoms with van der Waals surface area (Å²) >= 11 is 0. The average Bonchev–Trinajstić information content (AvgIpc) is 2.46. The van der Waals surface area contributed by atoms with E-state index >= 15 is 0 Å². The van der Waals surface area contributed by atoms with Gasteiger partial charge in [0, 0.05) is 25.1 Å². The van der Waals surface area contributed by atoms with Crippen LogP contribution in [0.2, 0.25) is 0 Å². The van der Waals surface area contributed by atoms with Crippen LogP contribution >= 0.6 is 0 Å². The van der Waals surface area contributed by atoms with Crippen LogP contribution in [0.1, 0.15) is 24.5 Å². The molecule has 0 aliphatic heterocycles. The highest BCUT2D eigenvalue weighted by atomic mass is 32.2. The first-order chi connectivity index (χ1) is 9.97. The number of hydrogen-bond acceptors (Lipinski definition) is 4. The smallest absolute Gasteiger partial charge is 0.243 e. The van der Waals surface area contributed by atoms with Crippen molar-refractivity contribution in [2.75, 3.05) is 19.6 Å². The summed E-state index contributed by atoms with van der Waals surface area (Å²) in [5.41, 5.74) is 6.59. The Hall–Kier alpha value is -1.86. The molecule has 0 aliphatic carbocycles. The molecule has 5 nitrogen and oxygen atoms in total. The van der Waals surface area contributed by atoms with Gasteiger partial charge < -0.3 is 5.73 Å². The fourth-order valence-electron chi connectivity index (χ4n) is 1.87. The van der Waals surface area contributed by atoms with Crippen LogP contribution < -0.4 is 5.73 Å². The van der Waals surface area contributed by atoms with E-state index in [0.29, 0.717) is 17.7 Å². The Kier molecular flexibility index (Phi) is 6.39. The lowest BCUT2D eigenvalue weighted by Gasteiger charge is -2.20. The van der Waals surface area contributed by atoms with E-state index in [2.05, 4.69) is 11.8 Å². The molecule has 0 radical (unpaired) electrons. The topological polar surface area (TPSA) is 87.2 Å². The van der Waals surface area contributed by atoms with Crippen LogP contribution in [0.15, 0.2) is 23.1 Å². The minimum absolute atomic E-state index is 0.165. The second kappa shape index (κ2) is 7.80. The zero-order valence-electron chi connectivity index (χ0n) is 12.3. The molecule has 2 N–H and O–H groups in total. The molecule has 0 aliphatic rings. The highest BCUT2D eigenvalue weighted by Gasteiger charge is 2.24. The quantitative estimate of drug-likeness (QED) is 0.829. The van der Waals surface area contributed by atoms with E-state index in [1.165, 1.54) is 4.31 Å². The molecule has 0 bridgehead atoms. The van der Waals surface area contributed by atoms with Gasteiger partial charge in [-0.15, -0.1) is 0 Å². The van der Waals surface area contributed by atoms with E-state index in [0.717, 1.165) is 0 Å². The Bertz CT molecular complexity index is 694. The highest BCUT2D eigenvalue weighted by molar-refractivity contribution is 7.89. The van der Waals surface area contributed by atoms with Gasteiger partial charge in [-0.3, -0.25) is 0 Å². The van der Waals surface area contributed by atoms with Crippen molar-refractivity contribution in [2.45, 2.75) is 25.2 Å². The maximum atomic E-state index is 12.7. The maximum Gasteiger partial charge on any atom is 0.243 e. The Morgan fingerprint density at radius 2 is 2.10 bits per heavy atom. The Morgan fingerprint density at radius 3 is 2.67 bits per heavy atom. The molecule has 0 unspecified atom stereocenters. The molecule has 0 amide bonds. The van der Waals surface area contributed by atoms with E-state index in [1.54, 1.807) is 32.0 Å². The molecule has 112 valence electrons. The monoisotopic (exact) mass is 305 g/mol. The third-order valence-corrected chi connectivity index (χ3v) is 5.08. The second-order valence-electron chi connectivity index (χ2n) is 4.39. The van der Waals surface area contributed by atoms with Crippen molar-refractivity contribution < 1.29 is 8.42 Å². The molecular formula is C15H19N3O2S. The summed E-state index contributed by atoms with van der Waals surface area (Å²) in [6.45, 7) is 4.22. The lowest BCUT2D eigenvalue weighted by atomic mass is 10.1. The average molecular weight is 305 g/mol. The number of rotatable bonds is 5. The normalized spacial score (nSPS) is 10.8. The first-order valence-corrected chi connectivity index (χ1v) is 8.08. The number of sulfonamides is 1. The van der Waals surface area contributed by atoms with Crippen LogP contribution in [-0.2, 0) is 10.0 Å². The largest absolute Gasteiger partial charge is 0.320 e. The second-order valence-corrected chi connectivity index (χ2v) is 6.30. The summed E-state index contributed by atoms with van der Waals surface area (Å²) in [7, 11) is -3.62. The minimum atomic E-state index is -3.62. The van der Waals surface area contributed by atoms with Gasteiger partial charge >= 0.3 is 0 Å². The number of nitrogens with zero attached hydrogens (tertiary/aromatic N) is 2. The molecule has 1 aromatic rings. The predicted octanol–water partition coefficient (Wildman–Crippen LogP) is 1.23. The van der Waals surface area contributed by atoms with Gasteiger partial charge in [-0.2, -0.15) is 9.57 Å². The zero-order chi connectivity index (χ0) is 15.9. The molecular weight excluding hydrogens is 286 g/mol. The van der Waals surface area contributed by atoms with Crippen molar-refractivity contribution >= 4 is 10.0 Å². The van der Waals surface area contributed by atoms with Crippen LogP contribution in [0.25, 0.3) is 0 Å². The summed E-state index contributed by atoms with van der Waals surface area (Å²) in [4.78, 5) is 0.228. The van der Waals surface area contributed by atoms with Crippen LogP contribution in [0.4, 0.5) is 0 Å². The summed E-state index contributed by atoms with van der Waals surface area (Å²) < 4.78 is 26.6. The van der Waals surface area contributed by atoms with Gasteiger partial charge in [-0.25, -0.2) is 8.42 Å². The zero-order valence-corrected chi connectivity index (χ0v) is 13.1. The van der Waals surface area contributed by atoms with Gasteiger partial charge in [0.2, 0.25) is 10.0 Å². The number of benzene rings is 1. The molecule has 0 spiro atoms. The minimum Gasteiger partial charge on any atom is -0.320 e. The number of nitrogens with two attached hydrogens (primary N) is 1. The van der Waals surface area contributed by atoms with Gasteiger partial charge in [0.1, 0.15) is 0 Å². The molecule has 1 rings (SSSR count). The molecule has 0 saturated carbocycles. The molecule has 0 saturated heterocycles. The molecule has 0 aromatic heterocycles. The summed E-state index contributed by atoms with van der Waals surface area (Å²) in [5.74, 6) is 5.54. The molecule has 6 heteroatoms. The van der Waals surface area contributed by atoms with Gasteiger partial charge in [0.25, 0.3) is 0 Å². The third-order valence-electron chi connectivity index (χ3n) is 2.97. The van der Waals surface area contributed by atoms with Crippen LogP contribution in [-0.4, -0.2) is 32.4 Å². The van der Waals surface area contributed by atoms with Gasteiger partial charge in [-0.1, -0.05) is 24.8 Å². The number of nitriles is 1. The standard InChI is InChI=1S/C15H19N3O2S/c1-3-18(11-5-10-17)21(19,20)15-12-14(6-4-9-16)8-7-13(15)2/h7-8,12H,3,5,9,11,16H2,1-2H3. The number of aryl methyl sites for hydroxylation is 1. The first kappa shape index (κ1) is 17.2. The molecule has 0 fully saturated rings. The van der Waals surface area contributed by atoms with Gasteiger partial charge in [0.15, 0.2) is 0 Å². The van der Waals surface area contributed by atoms with E-state index < -0.39 is 10.0 Å². The fraction of sp³-hybridized carbons (Fsp3) is 0.400. The van der Waals surface area contributed by atoms with E-state index in [-0.39, 0.29) is 24.4 Å². The van der Waals surface area contributed by atoms with E-state index in [9.17, 15) is 8.42 Å². The van der Waals surface area contributed by atoms with E-state index in [4.69, 9.17) is 11.0 Å². The van der Waals surface area contributed by atoms with Crippen molar-refractivity contribution in [3.63, 3.8) is 0 Å². The third kappa shape index (κ3) is 4.30. The molecule has 0 heterocycles. The summed E-state index contributed by atoms with van der Waals surface area (Å²) in [6.07, 6.45) is 0.165. The molecule has 1 aromatic carbocycles. The SMILES string of the molecule is CCN(CCC#N)S(=O)(=O)c1cc(C#CCN)ccc1C. The van der Waals surface area contributed by atoms with E-state index in [1.807, 2.05) is 6.07 Å². The molecule has 21 heavy (non-hydrogen) atoms. The van der Waals surface area contributed by atoms with Crippen molar-refractivity contribution in [2.24, 2.45) is 5.73 Å². The van der Waals surface area contributed by atoms with Gasteiger partial charge in [0.05, 0.1) is 17.5 Å². The fourth-order valence-corrected chi connectivity index (χ4v) is 3.57. The van der Waals surface area contributed by atoms with Crippen molar-refractivity contribution in [3.05, 3.63) is 29.3 Å². The van der Waals surface area contributed by atoms with Crippen LogP contribution in [0, 0.1) is 30.1 Å². The lowest BCUT2D eigenvalue weighted by molar-refractivity contribution is 0.434. The highest BCUT2D eigenvalue weighted by Crippen LogP contribution is 2.21. The lowest BCUT2D eigenvalue weighted by Crippen LogP contribution is -2.32. The van der Waals surface area contributed by atoms with Crippen LogP contribution in [0.5, 0.6) is 0 Å². The predicted molar refractivity (Wildman–Crippen MR) is 81.8 cm³/mol. The molecule has 0 atom stereocenters.